The van der Waals surface area contributed by atoms with Crippen molar-refractivity contribution in [3.05, 3.63) is 75.0 Å². The predicted molar refractivity (Wildman–Crippen MR) is 137 cm³/mol. The number of halogens is 1. The minimum atomic E-state index is -0.774. The van der Waals surface area contributed by atoms with Crippen molar-refractivity contribution >= 4 is 28.4 Å². The fourth-order valence-corrected chi connectivity index (χ4v) is 4.68. The van der Waals surface area contributed by atoms with Gasteiger partial charge >= 0.3 is 0 Å². The number of aliphatic hydroxyl groups excluding tert-OH is 1. The van der Waals surface area contributed by atoms with Crippen LogP contribution in [0.3, 0.4) is 0 Å². The average molecular weight is 499 g/mol. The van der Waals surface area contributed by atoms with Gasteiger partial charge in [0.05, 0.1) is 11.6 Å². The van der Waals surface area contributed by atoms with Crippen LogP contribution in [0, 0.1) is 0 Å². The van der Waals surface area contributed by atoms with Crippen LogP contribution in [0.4, 0.5) is 0 Å². The van der Waals surface area contributed by atoms with Crippen molar-refractivity contribution in [3.63, 3.8) is 0 Å². The maximum Gasteiger partial charge on any atom is 0.248 e. The first kappa shape index (κ1) is 25.2. The average Bonchev–Trinajstić information content (AvgIpc) is 2.86. The number of phenols is 1. The van der Waals surface area contributed by atoms with Crippen molar-refractivity contribution in [1.82, 2.24) is 20.5 Å². The molecule has 0 radical (unpaired) electrons. The number of hydrogen-bond acceptors (Lipinski definition) is 6. The Morgan fingerprint density at radius 2 is 1.91 bits per heavy atom. The Balaban J connectivity index is 1.19. The highest BCUT2D eigenvalue weighted by atomic mass is 35.5. The molecule has 1 atom stereocenters. The lowest BCUT2D eigenvalue weighted by Crippen LogP contribution is -2.44. The number of carbonyl (C=O) groups is 1. The van der Waals surface area contributed by atoms with E-state index in [9.17, 15) is 19.8 Å². The molecule has 2 heterocycles. The summed E-state index contributed by atoms with van der Waals surface area (Å²) in [6, 6.07) is 13.9. The molecule has 1 aromatic heterocycles. The number of nitrogens with one attached hydrogen (secondary N) is 3. The molecule has 1 saturated heterocycles. The van der Waals surface area contributed by atoms with Crippen molar-refractivity contribution in [2.45, 2.75) is 38.0 Å². The monoisotopic (exact) mass is 498 g/mol. The number of phenolic OH excluding ortho intramolecular Hbond substituents is 1. The molecule has 0 aliphatic carbocycles. The highest BCUT2D eigenvalue weighted by Crippen LogP contribution is 2.28. The van der Waals surface area contributed by atoms with Gasteiger partial charge in [-0.3, -0.25) is 9.59 Å². The van der Waals surface area contributed by atoms with Crippen LogP contribution in [0.1, 0.15) is 36.5 Å². The lowest BCUT2D eigenvalue weighted by atomic mass is 10.0. The number of carbonyl (C=O) groups excluding carboxylic acids is 1. The summed E-state index contributed by atoms with van der Waals surface area (Å²) in [5.41, 5.74) is 1.59. The van der Waals surface area contributed by atoms with Crippen LogP contribution < -0.4 is 16.2 Å². The molecular weight excluding hydrogens is 468 g/mol. The first-order valence-corrected chi connectivity index (χ1v) is 12.3. The number of H-pyrrole nitrogens is 1. The fraction of sp³-hybridized carbons (Fsp3) is 0.385. The molecule has 4 rings (SSSR count). The molecule has 5 N–H and O–H groups in total. The first-order chi connectivity index (χ1) is 16.9. The van der Waals surface area contributed by atoms with Crippen LogP contribution in [0.2, 0.25) is 5.02 Å². The van der Waals surface area contributed by atoms with Crippen LogP contribution in [-0.2, 0) is 11.3 Å². The van der Waals surface area contributed by atoms with Crippen molar-refractivity contribution in [2.24, 2.45) is 0 Å². The summed E-state index contributed by atoms with van der Waals surface area (Å²) in [6.45, 7) is 3.28. The van der Waals surface area contributed by atoms with E-state index in [1.54, 1.807) is 12.1 Å². The first-order valence-electron chi connectivity index (χ1n) is 11.9. The second kappa shape index (κ2) is 11.7. The Morgan fingerprint density at radius 1 is 1.14 bits per heavy atom. The van der Waals surface area contributed by atoms with Crippen LogP contribution in [0.15, 0.2) is 53.3 Å². The maximum atomic E-state index is 12.2. The van der Waals surface area contributed by atoms with E-state index >= 15 is 0 Å². The van der Waals surface area contributed by atoms with Gasteiger partial charge in [0.2, 0.25) is 11.5 Å². The van der Waals surface area contributed by atoms with Crippen LogP contribution in [0.5, 0.6) is 5.75 Å². The maximum absolute atomic E-state index is 12.2. The van der Waals surface area contributed by atoms with Gasteiger partial charge in [0.15, 0.2) is 0 Å². The zero-order valence-electron chi connectivity index (χ0n) is 19.5. The highest BCUT2D eigenvalue weighted by molar-refractivity contribution is 6.31. The second-order valence-corrected chi connectivity index (χ2v) is 9.35. The number of piperidine rings is 1. The molecule has 1 amide bonds. The van der Waals surface area contributed by atoms with Gasteiger partial charge in [0, 0.05) is 48.6 Å². The molecule has 35 heavy (non-hydrogen) atoms. The topological polar surface area (TPSA) is 118 Å². The number of fused-ring (bicyclic) bond motifs is 1. The van der Waals surface area contributed by atoms with Gasteiger partial charge in [0.25, 0.3) is 0 Å². The van der Waals surface area contributed by atoms with Crippen molar-refractivity contribution in [2.75, 3.05) is 26.2 Å². The summed E-state index contributed by atoms with van der Waals surface area (Å²) in [4.78, 5) is 28.7. The van der Waals surface area contributed by atoms with E-state index in [0.29, 0.717) is 47.5 Å². The second-order valence-electron chi connectivity index (χ2n) is 8.94. The largest absolute Gasteiger partial charge is 0.506 e. The zero-order valence-corrected chi connectivity index (χ0v) is 20.2. The number of likely N-dealkylation sites (tertiary alicyclic amines) is 1. The molecule has 0 spiro atoms. The Morgan fingerprint density at radius 3 is 2.69 bits per heavy atom. The van der Waals surface area contributed by atoms with E-state index in [2.05, 4.69) is 20.5 Å². The quantitative estimate of drug-likeness (QED) is 0.309. The summed E-state index contributed by atoms with van der Waals surface area (Å²) in [6.07, 6.45) is 1.52. The van der Waals surface area contributed by atoms with Crippen molar-refractivity contribution in [3.8, 4) is 5.75 Å². The van der Waals surface area contributed by atoms with Gasteiger partial charge < -0.3 is 30.7 Å². The normalized spacial score (nSPS) is 15.8. The third-order valence-electron chi connectivity index (χ3n) is 6.54. The number of hydrogen-bond donors (Lipinski definition) is 5. The summed E-state index contributed by atoms with van der Waals surface area (Å²) in [7, 11) is 0. The Labute approximate surface area is 208 Å². The van der Waals surface area contributed by atoms with Gasteiger partial charge in [-0.25, -0.2) is 0 Å². The molecule has 186 valence electrons. The molecule has 0 saturated carbocycles. The number of pyridine rings is 1. The molecule has 9 heteroatoms. The van der Waals surface area contributed by atoms with Gasteiger partial charge in [-0.15, -0.1) is 0 Å². The number of nitrogens with zero attached hydrogens (tertiary/aromatic N) is 1. The SMILES string of the molecule is O=C(CCN1CCC(NC[C@@H](O)c2ccc(O)c3[nH]c(=O)ccc23)CC1)NCc1ccccc1Cl. The smallest absolute Gasteiger partial charge is 0.248 e. The predicted octanol–water partition coefficient (Wildman–Crippen LogP) is 2.68. The number of benzene rings is 2. The van der Waals surface area contributed by atoms with E-state index < -0.39 is 6.10 Å². The van der Waals surface area contributed by atoms with E-state index in [0.717, 1.165) is 31.5 Å². The summed E-state index contributed by atoms with van der Waals surface area (Å²) < 4.78 is 0. The molecule has 1 fully saturated rings. The minimum absolute atomic E-state index is 0.00996. The van der Waals surface area contributed by atoms with Gasteiger partial charge in [-0.2, -0.15) is 0 Å². The van der Waals surface area contributed by atoms with Crippen molar-refractivity contribution in [1.29, 1.82) is 0 Å². The standard InChI is InChI=1S/C26H31ClN4O4/c27-21-4-2-1-3-17(21)15-29-24(34)11-14-31-12-9-18(10-13-31)28-16-23(33)19-5-7-22(32)26-20(19)6-8-25(35)30-26/h1-8,18,23,28,32-33H,9-16H2,(H,29,34)(H,30,35)/t23-/m1/s1. The number of amides is 1. The minimum Gasteiger partial charge on any atom is -0.506 e. The number of rotatable bonds is 9. The van der Waals surface area contributed by atoms with Gasteiger partial charge in [-0.05, 0) is 55.3 Å². The zero-order chi connectivity index (χ0) is 24.8. The van der Waals surface area contributed by atoms with E-state index in [-0.39, 0.29) is 23.3 Å². The fourth-order valence-electron chi connectivity index (χ4n) is 4.48. The van der Waals surface area contributed by atoms with Crippen molar-refractivity contribution < 1.29 is 15.0 Å². The number of aromatic nitrogens is 1. The molecule has 3 aromatic rings. The summed E-state index contributed by atoms with van der Waals surface area (Å²) >= 11 is 6.13. The molecule has 0 bridgehead atoms. The third-order valence-corrected chi connectivity index (χ3v) is 6.91. The highest BCUT2D eigenvalue weighted by Gasteiger charge is 2.21. The lowest BCUT2D eigenvalue weighted by Gasteiger charge is -2.32. The Kier molecular flexibility index (Phi) is 8.41. The molecule has 1 aliphatic rings. The molecule has 0 unspecified atom stereocenters. The Bertz CT molecular complexity index is 1220. The molecule has 1 aliphatic heterocycles. The number of aromatic amines is 1. The van der Waals surface area contributed by atoms with Crippen LogP contribution >= 0.6 is 11.6 Å². The van der Waals surface area contributed by atoms with E-state index in [1.165, 1.54) is 12.1 Å². The third kappa shape index (κ3) is 6.61. The lowest BCUT2D eigenvalue weighted by molar-refractivity contribution is -0.121. The summed E-state index contributed by atoms with van der Waals surface area (Å²) in [5.74, 6) is -0.0118. The Hall–Kier alpha value is -2.91. The van der Waals surface area contributed by atoms with Gasteiger partial charge in [-0.1, -0.05) is 35.9 Å². The van der Waals surface area contributed by atoms with E-state index in [1.807, 2.05) is 24.3 Å². The number of aromatic hydroxyl groups is 1. The molecular formula is C26H31ClN4O4. The molecule has 2 aromatic carbocycles. The summed E-state index contributed by atoms with van der Waals surface area (Å²) in [5, 5.41) is 28.4. The van der Waals surface area contributed by atoms with E-state index in [4.69, 9.17) is 11.6 Å². The molecule has 8 nitrogen and oxygen atoms in total. The van der Waals surface area contributed by atoms with Gasteiger partial charge in [0.1, 0.15) is 5.75 Å². The van der Waals surface area contributed by atoms with Crippen LogP contribution in [0.25, 0.3) is 10.9 Å². The number of aliphatic hydroxyl groups is 1. The van der Waals surface area contributed by atoms with Crippen LogP contribution in [-0.4, -0.2) is 58.2 Å².